The molecule has 0 amide bonds. The quantitative estimate of drug-likeness (QED) is 0.200. The third kappa shape index (κ3) is 13.5. The van der Waals surface area contributed by atoms with Crippen LogP contribution >= 0.6 is 20.8 Å². The maximum atomic E-state index is 13.1. The largest absolute Gasteiger partial charge is 0.492 e. The first kappa shape index (κ1) is 34.2. The van der Waals surface area contributed by atoms with Gasteiger partial charge in [0.1, 0.15) is 18.1 Å². The molecular formula is C28H43ClF2NO3P. The fraction of sp³-hybridized carbons (Fsp3) is 0.536. The normalized spacial score (nSPS) is 10.7. The summed E-state index contributed by atoms with van der Waals surface area (Å²) in [6.07, 6.45) is 1.60. The Morgan fingerprint density at radius 1 is 1.03 bits per heavy atom. The van der Waals surface area contributed by atoms with Crippen molar-refractivity contribution in [2.45, 2.75) is 67.0 Å². The van der Waals surface area contributed by atoms with E-state index in [1.807, 2.05) is 45.9 Å². The summed E-state index contributed by atoms with van der Waals surface area (Å²) in [6.45, 7) is 17.6. The predicted octanol–water partition coefficient (Wildman–Crippen LogP) is 7.93. The van der Waals surface area contributed by atoms with Gasteiger partial charge in [0.05, 0.1) is 11.6 Å². The minimum Gasteiger partial charge on any atom is -0.492 e. The third-order valence-electron chi connectivity index (χ3n) is 5.12. The van der Waals surface area contributed by atoms with Crippen LogP contribution in [0.1, 0.15) is 64.7 Å². The van der Waals surface area contributed by atoms with E-state index >= 15 is 0 Å². The Morgan fingerprint density at radius 3 is 2.14 bits per heavy atom. The first-order chi connectivity index (χ1) is 17.0. The number of halogens is 3. The standard InChI is InChI=1S/C14H22ClNO.C12H15F2O2P.C2H6/c1-4-16(5-2)9-6-10-17-14-8-7-12(3)11-13(14)15;1-3-9-6-10(12(13,14)17)4-5-11(9)16-7-8(2)15;1-2/h7-8,11H,4-6,9-10H2,1-3H3;4-6H,3,7,17H2,1-2H3;1-2H3. The van der Waals surface area contributed by atoms with Crippen molar-refractivity contribution >= 4 is 26.6 Å². The zero-order chi connectivity index (χ0) is 27.7. The topological polar surface area (TPSA) is 38.8 Å². The molecule has 0 spiro atoms. The molecule has 0 aliphatic rings. The van der Waals surface area contributed by atoms with E-state index in [4.69, 9.17) is 21.1 Å². The van der Waals surface area contributed by atoms with Gasteiger partial charge in [-0.3, -0.25) is 4.79 Å². The lowest BCUT2D eigenvalue weighted by molar-refractivity contribution is -0.118. The Bertz CT molecular complexity index is 903. The Hall–Kier alpha value is -1.75. The maximum absolute atomic E-state index is 13.1. The number of nitrogens with zero attached hydrogens (tertiary/aromatic N) is 1. The first-order valence-electron chi connectivity index (χ1n) is 12.5. The summed E-state index contributed by atoms with van der Waals surface area (Å²) in [7, 11) is 1.50. The molecule has 4 nitrogen and oxygen atoms in total. The number of carbonyl (C=O) groups is 1. The molecule has 0 N–H and O–H groups in total. The molecule has 204 valence electrons. The molecule has 0 heterocycles. The molecule has 36 heavy (non-hydrogen) atoms. The molecule has 0 aromatic heterocycles. The zero-order valence-electron chi connectivity index (χ0n) is 22.8. The van der Waals surface area contributed by atoms with Crippen LogP contribution in [0.3, 0.4) is 0 Å². The number of ether oxygens (including phenoxy) is 2. The Kier molecular flexibility index (Phi) is 17.6. The van der Waals surface area contributed by atoms with Gasteiger partial charge in [0.25, 0.3) is 5.66 Å². The molecule has 0 aliphatic carbocycles. The first-order valence-corrected chi connectivity index (χ1v) is 13.5. The van der Waals surface area contributed by atoms with Gasteiger partial charge in [0, 0.05) is 12.1 Å². The lowest BCUT2D eigenvalue weighted by Crippen LogP contribution is -2.25. The molecule has 8 heteroatoms. The summed E-state index contributed by atoms with van der Waals surface area (Å²) in [6, 6.07) is 10.1. The minimum atomic E-state index is -2.94. The zero-order valence-corrected chi connectivity index (χ0v) is 24.7. The molecule has 1 unspecified atom stereocenters. The molecule has 2 rings (SSSR count). The van der Waals surface area contributed by atoms with Crippen LogP contribution in [-0.2, 0) is 16.9 Å². The molecular weight excluding hydrogens is 503 g/mol. The van der Waals surface area contributed by atoms with E-state index in [1.54, 1.807) is 0 Å². The highest BCUT2D eigenvalue weighted by Crippen LogP contribution is 2.37. The molecule has 0 radical (unpaired) electrons. The summed E-state index contributed by atoms with van der Waals surface area (Å²) in [5, 5.41) is 0.702. The highest BCUT2D eigenvalue weighted by molar-refractivity contribution is 7.17. The van der Waals surface area contributed by atoms with Crippen molar-refractivity contribution in [1.82, 2.24) is 4.90 Å². The third-order valence-corrected chi connectivity index (χ3v) is 5.74. The smallest absolute Gasteiger partial charge is 0.283 e. The van der Waals surface area contributed by atoms with Gasteiger partial charge in [0.15, 0.2) is 5.78 Å². The Balaban J connectivity index is 0.000000637. The highest BCUT2D eigenvalue weighted by atomic mass is 35.5. The minimum absolute atomic E-state index is 0.0381. The van der Waals surface area contributed by atoms with Crippen molar-refractivity contribution in [3.63, 3.8) is 0 Å². The molecule has 0 bridgehead atoms. The maximum Gasteiger partial charge on any atom is 0.283 e. The second-order valence-corrected chi connectivity index (χ2v) is 9.08. The predicted molar refractivity (Wildman–Crippen MR) is 151 cm³/mol. The van der Waals surface area contributed by atoms with E-state index in [0.717, 1.165) is 44.0 Å². The summed E-state index contributed by atoms with van der Waals surface area (Å²) in [4.78, 5) is 13.2. The summed E-state index contributed by atoms with van der Waals surface area (Å²) >= 11 is 6.09. The average molecular weight is 546 g/mol. The molecule has 1 atom stereocenters. The second-order valence-electron chi connectivity index (χ2n) is 7.95. The highest BCUT2D eigenvalue weighted by Gasteiger charge is 2.25. The van der Waals surface area contributed by atoms with Crippen LogP contribution in [0.15, 0.2) is 36.4 Å². The van der Waals surface area contributed by atoms with Crippen molar-refractivity contribution in [3.8, 4) is 11.5 Å². The number of Topliss-reactive ketones (excluding diaryl/α,β-unsaturated/α-hetero) is 1. The van der Waals surface area contributed by atoms with Crippen molar-refractivity contribution in [2.24, 2.45) is 0 Å². The summed E-state index contributed by atoms with van der Waals surface area (Å²) in [5.41, 5.74) is -1.19. The monoisotopic (exact) mass is 545 g/mol. The van der Waals surface area contributed by atoms with Crippen LogP contribution in [0, 0.1) is 6.92 Å². The second kappa shape index (κ2) is 18.5. The fourth-order valence-electron chi connectivity index (χ4n) is 3.12. The van der Waals surface area contributed by atoms with Crippen LogP contribution in [0.25, 0.3) is 0 Å². The molecule has 0 aliphatic heterocycles. The van der Waals surface area contributed by atoms with Gasteiger partial charge in [-0.15, -0.1) is 0 Å². The number of rotatable bonds is 12. The Morgan fingerprint density at radius 2 is 1.64 bits per heavy atom. The number of hydrogen-bond donors (Lipinski definition) is 0. The molecule has 0 fully saturated rings. The fourth-order valence-corrected chi connectivity index (χ4v) is 3.59. The molecule has 2 aromatic carbocycles. The Labute approximate surface area is 223 Å². The van der Waals surface area contributed by atoms with Crippen LogP contribution < -0.4 is 9.47 Å². The van der Waals surface area contributed by atoms with Gasteiger partial charge in [-0.05, 0) is 81.2 Å². The van der Waals surface area contributed by atoms with E-state index in [-0.39, 0.29) is 18.0 Å². The number of benzene rings is 2. The van der Waals surface area contributed by atoms with Crippen LogP contribution in [0.2, 0.25) is 5.02 Å². The molecule has 0 saturated heterocycles. The average Bonchev–Trinajstić information content (AvgIpc) is 2.85. The summed E-state index contributed by atoms with van der Waals surface area (Å²) in [5.74, 6) is 1.17. The van der Waals surface area contributed by atoms with Gasteiger partial charge >= 0.3 is 0 Å². The van der Waals surface area contributed by atoms with E-state index in [0.29, 0.717) is 22.8 Å². The SMILES string of the molecule is CC.CCN(CC)CCCOc1ccc(C)cc1Cl.CCc1cc(C(F)(F)P)ccc1OCC(C)=O. The van der Waals surface area contributed by atoms with E-state index in [1.165, 1.54) is 34.4 Å². The van der Waals surface area contributed by atoms with E-state index < -0.39 is 5.66 Å². The van der Waals surface area contributed by atoms with Crippen LogP contribution in [0.4, 0.5) is 8.78 Å². The van der Waals surface area contributed by atoms with Crippen LogP contribution in [0.5, 0.6) is 11.5 Å². The van der Waals surface area contributed by atoms with Crippen molar-refractivity contribution in [2.75, 3.05) is 32.8 Å². The van der Waals surface area contributed by atoms with Gasteiger partial charge in [0.2, 0.25) is 0 Å². The van der Waals surface area contributed by atoms with Gasteiger partial charge in [-0.2, -0.15) is 8.78 Å². The molecule has 0 saturated carbocycles. The van der Waals surface area contributed by atoms with Crippen molar-refractivity contribution < 1.29 is 23.0 Å². The summed E-state index contributed by atoms with van der Waals surface area (Å²) < 4.78 is 37.1. The lowest BCUT2D eigenvalue weighted by Gasteiger charge is -2.17. The number of hydrogen-bond acceptors (Lipinski definition) is 4. The van der Waals surface area contributed by atoms with E-state index in [2.05, 4.69) is 18.7 Å². The number of carbonyl (C=O) groups excluding carboxylic acids is 1. The van der Waals surface area contributed by atoms with E-state index in [9.17, 15) is 13.6 Å². The lowest BCUT2D eigenvalue weighted by atomic mass is 10.1. The van der Waals surface area contributed by atoms with Gasteiger partial charge < -0.3 is 14.4 Å². The number of aryl methyl sites for hydroxylation is 2. The van der Waals surface area contributed by atoms with Gasteiger partial charge in [-0.25, -0.2) is 0 Å². The van der Waals surface area contributed by atoms with Crippen LogP contribution in [-0.4, -0.2) is 43.5 Å². The molecule has 2 aromatic rings. The number of ketones is 1. The number of alkyl halides is 2. The van der Waals surface area contributed by atoms with Crippen molar-refractivity contribution in [3.05, 3.63) is 58.1 Å². The van der Waals surface area contributed by atoms with Crippen molar-refractivity contribution in [1.29, 1.82) is 0 Å². The van der Waals surface area contributed by atoms with Gasteiger partial charge in [-0.1, -0.05) is 61.5 Å².